The fourth-order valence-corrected chi connectivity index (χ4v) is 3.26. The van der Waals surface area contributed by atoms with Crippen molar-refractivity contribution in [1.29, 1.82) is 0 Å². The molecule has 3 aromatic rings. The minimum absolute atomic E-state index is 0.0148. The number of nitrogens with zero attached hydrogens (tertiary/aromatic N) is 2. The second-order valence-electron chi connectivity index (χ2n) is 6.46. The molecule has 1 heterocycles. The predicted molar refractivity (Wildman–Crippen MR) is 113 cm³/mol. The maximum Gasteiger partial charge on any atom is 0.276 e. The van der Waals surface area contributed by atoms with Crippen molar-refractivity contribution < 1.29 is 18.5 Å². The van der Waals surface area contributed by atoms with Crippen LogP contribution >= 0.6 is 23.2 Å². The van der Waals surface area contributed by atoms with E-state index in [2.05, 4.69) is 10.5 Å². The number of aromatic nitrogens is 1. The van der Waals surface area contributed by atoms with Gasteiger partial charge in [0.1, 0.15) is 12.4 Å². The minimum atomic E-state index is -0.499. The van der Waals surface area contributed by atoms with Crippen LogP contribution in [0, 0.1) is 5.82 Å². The Labute approximate surface area is 182 Å². The van der Waals surface area contributed by atoms with E-state index >= 15 is 0 Å². The number of benzene rings is 2. The van der Waals surface area contributed by atoms with Gasteiger partial charge in [0.25, 0.3) is 5.91 Å². The largest absolute Gasteiger partial charge is 0.355 e. The summed E-state index contributed by atoms with van der Waals surface area (Å²) < 4.78 is 19.1. The molecule has 3 rings (SSSR count). The first kappa shape index (κ1) is 21.8. The highest BCUT2D eigenvalue weighted by molar-refractivity contribution is 6.36. The SMILES string of the molecule is CCCN(CC(=O)Nc1ccc(Cl)cc1Cl)C(=O)c1cc(-c2ccccc2F)on1. The third-order valence-corrected chi connectivity index (χ3v) is 4.74. The zero-order chi connectivity index (χ0) is 21.7. The summed E-state index contributed by atoms with van der Waals surface area (Å²) in [6.07, 6.45) is 0.624. The van der Waals surface area contributed by atoms with E-state index in [0.29, 0.717) is 23.7 Å². The second-order valence-corrected chi connectivity index (χ2v) is 7.30. The lowest BCUT2D eigenvalue weighted by atomic mass is 10.1. The Morgan fingerprint density at radius 3 is 2.63 bits per heavy atom. The first-order chi connectivity index (χ1) is 14.4. The van der Waals surface area contributed by atoms with Gasteiger partial charge < -0.3 is 14.7 Å². The van der Waals surface area contributed by atoms with E-state index in [4.69, 9.17) is 27.7 Å². The van der Waals surface area contributed by atoms with Gasteiger partial charge in [0.2, 0.25) is 5.91 Å². The first-order valence-electron chi connectivity index (χ1n) is 9.14. The summed E-state index contributed by atoms with van der Waals surface area (Å²) in [5.74, 6) is -1.29. The molecule has 2 aromatic carbocycles. The minimum Gasteiger partial charge on any atom is -0.355 e. The molecule has 0 saturated carbocycles. The van der Waals surface area contributed by atoms with Crippen LogP contribution in [0.2, 0.25) is 10.0 Å². The van der Waals surface area contributed by atoms with Crippen LogP contribution in [0.5, 0.6) is 0 Å². The summed E-state index contributed by atoms with van der Waals surface area (Å²) in [4.78, 5) is 26.6. The van der Waals surface area contributed by atoms with Gasteiger partial charge in [0.15, 0.2) is 11.5 Å². The Morgan fingerprint density at radius 1 is 1.17 bits per heavy atom. The summed E-state index contributed by atoms with van der Waals surface area (Å²) in [6, 6.07) is 12.1. The third kappa shape index (κ3) is 5.17. The summed E-state index contributed by atoms with van der Waals surface area (Å²) in [5.41, 5.74) is 0.568. The molecule has 9 heteroatoms. The predicted octanol–water partition coefficient (Wildman–Crippen LogP) is 5.28. The number of carbonyl (C=O) groups excluding carboxylic acids is 2. The number of anilines is 1. The van der Waals surface area contributed by atoms with Crippen LogP contribution in [0.15, 0.2) is 53.1 Å². The standard InChI is InChI=1S/C21H18Cl2FN3O3/c1-2-9-27(12-20(28)25-17-8-7-13(22)10-15(17)23)21(29)18-11-19(30-26-18)14-5-3-4-6-16(14)24/h3-8,10-11H,2,9,12H2,1H3,(H,25,28). The topological polar surface area (TPSA) is 75.4 Å². The van der Waals surface area contributed by atoms with E-state index in [-0.39, 0.29) is 28.6 Å². The van der Waals surface area contributed by atoms with Crippen LogP contribution in [-0.4, -0.2) is 35.0 Å². The molecule has 6 nitrogen and oxygen atoms in total. The number of carbonyl (C=O) groups is 2. The molecule has 0 unspecified atom stereocenters. The molecular weight excluding hydrogens is 432 g/mol. The smallest absolute Gasteiger partial charge is 0.276 e. The van der Waals surface area contributed by atoms with Crippen LogP contribution < -0.4 is 5.32 Å². The molecule has 0 atom stereocenters. The zero-order valence-electron chi connectivity index (χ0n) is 16.0. The van der Waals surface area contributed by atoms with Crippen LogP contribution in [0.1, 0.15) is 23.8 Å². The molecule has 0 radical (unpaired) electrons. The molecule has 0 bridgehead atoms. The first-order valence-corrected chi connectivity index (χ1v) is 9.90. The molecule has 1 N–H and O–H groups in total. The average molecular weight is 450 g/mol. The monoisotopic (exact) mass is 449 g/mol. The lowest BCUT2D eigenvalue weighted by molar-refractivity contribution is -0.116. The van der Waals surface area contributed by atoms with Crippen molar-refractivity contribution in [2.75, 3.05) is 18.4 Å². The van der Waals surface area contributed by atoms with Gasteiger partial charge in [-0.15, -0.1) is 0 Å². The van der Waals surface area contributed by atoms with Gasteiger partial charge >= 0.3 is 0 Å². The normalized spacial score (nSPS) is 10.7. The maximum atomic E-state index is 13.9. The molecule has 30 heavy (non-hydrogen) atoms. The second kappa shape index (κ2) is 9.73. The summed E-state index contributed by atoms with van der Waals surface area (Å²) in [7, 11) is 0. The highest BCUT2D eigenvalue weighted by Gasteiger charge is 2.23. The van der Waals surface area contributed by atoms with Gasteiger partial charge in [-0.3, -0.25) is 9.59 Å². The van der Waals surface area contributed by atoms with Crippen LogP contribution in [0.25, 0.3) is 11.3 Å². The molecule has 0 aliphatic rings. The molecular formula is C21H18Cl2FN3O3. The molecule has 0 spiro atoms. The van der Waals surface area contributed by atoms with Crippen molar-refractivity contribution in [3.63, 3.8) is 0 Å². The van der Waals surface area contributed by atoms with Crippen LogP contribution in [0.3, 0.4) is 0 Å². The van der Waals surface area contributed by atoms with E-state index < -0.39 is 17.6 Å². The molecule has 0 aliphatic carbocycles. The molecule has 156 valence electrons. The van der Waals surface area contributed by atoms with Gasteiger partial charge in [-0.2, -0.15) is 0 Å². The van der Waals surface area contributed by atoms with Gasteiger partial charge in [-0.05, 0) is 36.8 Å². The Balaban J connectivity index is 1.73. The number of rotatable bonds is 7. The molecule has 0 fully saturated rings. The Morgan fingerprint density at radius 2 is 1.93 bits per heavy atom. The Kier molecular flexibility index (Phi) is 7.07. The van der Waals surface area contributed by atoms with Crippen molar-refractivity contribution in [2.45, 2.75) is 13.3 Å². The summed E-state index contributed by atoms with van der Waals surface area (Å²) in [5, 5.41) is 7.14. The number of hydrogen-bond donors (Lipinski definition) is 1. The van der Waals surface area contributed by atoms with E-state index in [9.17, 15) is 14.0 Å². The molecule has 0 saturated heterocycles. The molecule has 1 aromatic heterocycles. The number of amides is 2. The van der Waals surface area contributed by atoms with Gasteiger partial charge in [-0.25, -0.2) is 4.39 Å². The van der Waals surface area contributed by atoms with Gasteiger partial charge in [-0.1, -0.05) is 47.4 Å². The fourth-order valence-electron chi connectivity index (χ4n) is 2.80. The van der Waals surface area contributed by atoms with Gasteiger partial charge in [0, 0.05) is 17.6 Å². The molecule has 2 amide bonds. The quantitative estimate of drug-likeness (QED) is 0.532. The summed E-state index contributed by atoms with van der Waals surface area (Å²) >= 11 is 11.9. The van der Waals surface area contributed by atoms with Crippen molar-refractivity contribution in [1.82, 2.24) is 10.1 Å². The van der Waals surface area contributed by atoms with E-state index in [0.717, 1.165) is 0 Å². The molecule has 0 aliphatic heterocycles. The van der Waals surface area contributed by atoms with E-state index in [1.54, 1.807) is 24.3 Å². The number of hydrogen-bond acceptors (Lipinski definition) is 4. The van der Waals surface area contributed by atoms with Crippen molar-refractivity contribution in [3.8, 4) is 11.3 Å². The van der Waals surface area contributed by atoms with E-state index in [1.165, 1.54) is 29.2 Å². The van der Waals surface area contributed by atoms with Crippen molar-refractivity contribution in [2.24, 2.45) is 0 Å². The van der Waals surface area contributed by atoms with Crippen LogP contribution in [-0.2, 0) is 4.79 Å². The lowest BCUT2D eigenvalue weighted by Crippen LogP contribution is -2.38. The van der Waals surface area contributed by atoms with Crippen molar-refractivity contribution >= 4 is 40.7 Å². The lowest BCUT2D eigenvalue weighted by Gasteiger charge is -2.20. The Bertz CT molecular complexity index is 1070. The number of nitrogens with one attached hydrogen (secondary N) is 1. The van der Waals surface area contributed by atoms with Crippen LogP contribution in [0.4, 0.5) is 10.1 Å². The fraction of sp³-hybridized carbons (Fsp3) is 0.190. The van der Waals surface area contributed by atoms with Gasteiger partial charge in [0.05, 0.1) is 16.3 Å². The summed E-state index contributed by atoms with van der Waals surface area (Å²) in [6.45, 7) is 1.98. The Hall–Kier alpha value is -2.90. The average Bonchev–Trinajstić information content (AvgIpc) is 3.19. The maximum absolute atomic E-state index is 13.9. The van der Waals surface area contributed by atoms with E-state index in [1.807, 2.05) is 6.92 Å². The third-order valence-electron chi connectivity index (χ3n) is 4.19. The highest BCUT2D eigenvalue weighted by Crippen LogP contribution is 2.26. The van der Waals surface area contributed by atoms with Crippen molar-refractivity contribution in [3.05, 3.63) is 70.1 Å². The highest BCUT2D eigenvalue weighted by atomic mass is 35.5. The zero-order valence-corrected chi connectivity index (χ0v) is 17.5. The number of halogens is 3.